The number of carbonyl (C=O) groups is 4. The van der Waals surface area contributed by atoms with Crippen molar-refractivity contribution in [1.29, 1.82) is 0 Å². The summed E-state index contributed by atoms with van der Waals surface area (Å²) in [5.41, 5.74) is 0.0706. The molecule has 4 amide bonds. The van der Waals surface area contributed by atoms with Crippen LogP contribution >= 0.6 is 0 Å². The van der Waals surface area contributed by atoms with E-state index in [2.05, 4.69) is 32.4 Å². The van der Waals surface area contributed by atoms with Gasteiger partial charge in [-0.3, -0.25) is 23.4 Å². The molecule has 78 heavy (non-hydrogen) atoms. The van der Waals surface area contributed by atoms with Crippen LogP contribution in [0.2, 0.25) is 0 Å². The summed E-state index contributed by atoms with van der Waals surface area (Å²) in [7, 11) is -5.41. The first-order valence-electron chi connectivity index (χ1n) is 26.0. The fraction of sp³-hybridized carbons (Fsp3) is 0.792. The summed E-state index contributed by atoms with van der Waals surface area (Å²) >= 11 is 0. The van der Waals surface area contributed by atoms with Crippen molar-refractivity contribution in [3.05, 3.63) is 29.8 Å². The molecule has 446 valence electrons. The SMILES string of the molecule is CCCCCCCCCCCOc1cccc(C(=O)N[C@H]2C(O)[C@H](O)C(CO)O[C@H]2O[C@H]2C(O)C(NC(C)=O)C(OC3C(CO)O[C@@H](O[C@H]4C(O)C(NC(C)=O)C(O)O[C@H]4COS(=O)(=O)[O-])[C@@H](NC(C)=O)[C@@H]3O)O[C@H]2CO)c1. The molecule has 5 rings (SSSR count). The molecule has 0 spiro atoms. The molecule has 4 fully saturated rings. The predicted molar refractivity (Wildman–Crippen MR) is 262 cm³/mol. The van der Waals surface area contributed by atoms with E-state index in [-0.39, 0.29) is 5.56 Å². The molecule has 0 saturated carbocycles. The first-order valence-corrected chi connectivity index (χ1v) is 27.3. The first-order chi connectivity index (χ1) is 37.0. The van der Waals surface area contributed by atoms with E-state index in [1.54, 1.807) is 12.1 Å². The van der Waals surface area contributed by atoms with E-state index in [4.69, 9.17) is 37.9 Å². The Balaban J connectivity index is 1.34. The molecule has 1 aromatic rings. The number of amides is 4. The van der Waals surface area contributed by atoms with Crippen molar-refractivity contribution < 1.29 is 120 Å². The standard InChI is InChI=1S/C48H78N4O25S/c1-5-6-7-8-9-10-11-12-13-17-69-27-16-14-15-26(18-27)44(64)52-33-37(60)36(59)28(19-53)72-46(33)75-41-29(20-54)73-47(34(39(41)62)50-24(3)57)76-42-30(21-55)74-48(35(40(42)63)51-25(4)58)77-43-31(22-70-78(66,67)68)71-45(65)32(38(43)61)49-23(2)56/h14-16,18,28-43,45-48,53-55,59-63,65H,5-13,17,19-22H2,1-4H3,(H,49,56)(H,50,57)(H,51,58)(H,52,64)(H,66,67,68)/p-1/t28?,29-,30?,31-,32?,33-,34?,35-,36+,37?,38?,39?,40-,41+,42?,43+,45?,46-,47?,48-/m0/s1. The van der Waals surface area contributed by atoms with Crippen molar-refractivity contribution in [3.8, 4) is 5.75 Å². The fourth-order valence-corrected chi connectivity index (χ4v) is 9.94. The van der Waals surface area contributed by atoms with Crippen LogP contribution in [0.15, 0.2) is 24.3 Å². The maximum atomic E-state index is 13.8. The maximum Gasteiger partial charge on any atom is 0.251 e. The Bertz CT molecular complexity index is 2170. The van der Waals surface area contributed by atoms with E-state index >= 15 is 0 Å². The molecule has 0 aromatic heterocycles. The fourth-order valence-electron chi connectivity index (χ4n) is 9.64. The monoisotopic (exact) mass is 1140 g/mol. The van der Waals surface area contributed by atoms with Gasteiger partial charge in [0.05, 0.1) is 33.0 Å². The largest absolute Gasteiger partial charge is 0.726 e. The van der Waals surface area contributed by atoms with Gasteiger partial charge in [-0.2, -0.15) is 0 Å². The van der Waals surface area contributed by atoms with Crippen LogP contribution in [0.5, 0.6) is 5.75 Å². The van der Waals surface area contributed by atoms with Crippen LogP contribution in [0.1, 0.15) is 95.8 Å². The number of aliphatic hydroxyl groups is 9. The molecule has 0 aliphatic carbocycles. The summed E-state index contributed by atoms with van der Waals surface area (Å²) in [6.07, 6.45) is -19.6. The van der Waals surface area contributed by atoms with Crippen LogP contribution in [0.3, 0.4) is 0 Å². The lowest BCUT2D eigenvalue weighted by molar-refractivity contribution is -0.361. The van der Waals surface area contributed by atoms with Crippen molar-refractivity contribution in [2.75, 3.05) is 33.0 Å². The lowest BCUT2D eigenvalue weighted by Gasteiger charge is -2.51. The zero-order valence-corrected chi connectivity index (χ0v) is 44.5. The minimum atomic E-state index is -5.41. The Kier molecular flexibility index (Phi) is 25.7. The normalized spacial score (nSPS) is 35.3. The van der Waals surface area contributed by atoms with Gasteiger partial charge in [0, 0.05) is 26.3 Å². The highest BCUT2D eigenvalue weighted by Gasteiger charge is 2.56. The molecule has 20 atom stereocenters. The first kappa shape index (κ1) is 64.9. The Morgan fingerprint density at radius 1 is 0.564 bits per heavy atom. The number of carbonyl (C=O) groups excluding carboxylic acids is 4. The van der Waals surface area contributed by atoms with Crippen LogP contribution in [-0.4, -0.2) is 238 Å². The molecule has 13 N–H and O–H groups in total. The van der Waals surface area contributed by atoms with Crippen LogP contribution < -0.4 is 26.0 Å². The molecule has 4 aliphatic heterocycles. The van der Waals surface area contributed by atoms with E-state index in [9.17, 15) is 78.1 Å². The Hall–Kier alpha value is -3.87. The number of rotatable bonds is 28. The van der Waals surface area contributed by atoms with Gasteiger partial charge in [0.25, 0.3) is 5.91 Å². The van der Waals surface area contributed by atoms with E-state index < -0.39 is 183 Å². The van der Waals surface area contributed by atoms with Gasteiger partial charge in [0.2, 0.25) is 28.1 Å². The van der Waals surface area contributed by atoms with Gasteiger partial charge < -0.3 is 110 Å². The molecule has 4 heterocycles. The van der Waals surface area contributed by atoms with Crippen LogP contribution in [0, 0.1) is 0 Å². The quantitative estimate of drug-likeness (QED) is 0.0214. The molecule has 4 aliphatic rings. The van der Waals surface area contributed by atoms with Crippen molar-refractivity contribution in [2.45, 2.75) is 208 Å². The van der Waals surface area contributed by atoms with Crippen molar-refractivity contribution >= 4 is 34.0 Å². The van der Waals surface area contributed by atoms with Crippen molar-refractivity contribution in [2.24, 2.45) is 0 Å². The number of benzene rings is 1. The highest BCUT2D eigenvalue weighted by molar-refractivity contribution is 7.80. The number of unbranched alkanes of at least 4 members (excludes halogenated alkanes) is 8. The topological polar surface area (TPSA) is 439 Å². The molecular weight excluding hydrogens is 1060 g/mol. The number of ether oxygens (including phenoxy) is 8. The van der Waals surface area contributed by atoms with Crippen molar-refractivity contribution in [1.82, 2.24) is 21.3 Å². The minimum Gasteiger partial charge on any atom is -0.726 e. The highest BCUT2D eigenvalue weighted by Crippen LogP contribution is 2.35. The summed E-state index contributed by atoms with van der Waals surface area (Å²) in [4.78, 5) is 51.1. The summed E-state index contributed by atoms with van der Waals surface area (Å²) < 4.78 is 85.7. The number of nitrogens with one attached hydrogen (secondary N) is 4. The smallest absolute Gasteiger partial charge is 0.251 e. The Labute approximate surface area is 451 Å². The van der Waals surface area contributed by atoms with Crippen LogP contribution in [0.25, 0.3) is 0 Å². The van der Waals surface area contributed by atoms with E-state index in [1.165, 1.54) is 44.2 Å². The van der Waals surface area contributed by atoms with E-state index in [1.807, 2.05) is 0 Å². The lowest BCUT2D eigenvalue weighted by atomic mass is 9.93. The molecule has 0 radical (unpaired) electrons. The van der Waals surface area contributed by atoms with Gasteiger partial charge in [-0.15, -0.1) is 0 Å². The minimum absolute atomic E-state index is 0.0706. The van der Waals surface area contributed by atoms with Crippen LogP contribution in [0.4, 0.5) is 0 Å². The van der Waals surface area contributed by atoms with E-state index in [0.29, 0.717) is 12.4 Å². The van der Waals surface area contributed by atoms with Gasteiger partial charge in [0.1, 0.15) is 103 Å². The Morgan fingerprint density at radius 2 is 1.00 bits per heavy atom. The van der Waals surface area contributed by atoms with Crippen LogP contribution in [-0.2, 0) is 62.1 Å². The second-order valence-electron chi connectivity index (χ2n) is 19.6. The molecule has 4 saturated heterocycles. The van der Waals surface area contributed by atoms with Gasteiger partial charge >= 0.3 is 0 Å². The Morgan fingerprint density at radius 3 is 1.47 bits per heavy atom. The average molecular weight is 1140 g/mol. The second kappa shape index (κ2) is 30.8. The molecule has 10 unspecified atom stereocenters. The third kappa shape index (κ3) is 18.1. The summed E-state index contributed by atoms with van der Waals surface area (Å²) in [6.45, 7) is 1.58. The van der Waals surface area contributed by atoms with Crippen molar-refractivity contribution in [3.63, 3.8) is 0 Å². The predicted octanol–water partition coefficient (Wildman–Crippen LogP) is -4.49. The zero-order valence-electron chi connectivity index (χ0n) is 43.7. The number of hydrogen-bond acceptors (Lipinski definition) is 25. The van der Waals surface area contributed by atoms with Gasteiger partial charge in [0.15, 0.2) is 25.2 Å². The number of hydrogen-bond donors (Lipinski definition) is 13. The highest BCUT2D eigenvalue weighted by atomic mass is 32.3. The summed E-state index contributed by atoms with van der Waals surface area (Å²) in [6, 6.07) is -0.636. The molecule has 0 bridgehead atoms. The maximum absolute atomic E-state index is 13.8. The molecule has 30 heteroatoms. The number of aliphatic hydroxyl groups excluding tert-OH is 9. The van der Waals surface area contributed by atoms with Gasteiger partial charge in [-0.05, 0) is 24.6 Å². The molecular formula is C48H77N4O25S-. The lowest BCUT2D eigenvalue weighted by Crippen LogP contribution is -2.71. The molecule has 29 nitrogen and oxygen atoms in total. The average Bonchev–Trinajstić information content (AvgIpc) is 3.38. The summed E-state index contributed by atoms with van der Waals surface area (Å²) in [5, 5.41) is 109. The van der Waals surface area contributed by atoms with Gasteiger partial charge in [-0.25, -0.2) is 8.42 Å². The third-order valence-corrected chi connectivity index (χ3v) is 14.0. The third-order valence-electron chi connectivity index (χ3n) is 13.6. The van der Waals surface area contributed by atoms with E-state index in [0.717, 1.165) is 46.5 Å². The zero-order chi connectivity index (χ0) is 57.4. The van der Waals surface area contributed by atoms with Gasteiger partial charge in [-0.1, -0.05) is 64.4 Å². The second-order valence-corrected chi connectivity index (χ2v) is 20.6. The summed E-state index contributed by atoms with van der Waals surface area (Å²) in [5.74, 6) is -2.84. The molecule has 1 aromatic carbocycles.